The molecule has 4 aromatic carbocycles. The summed E-state index contributed by atoms with van der Waals surface area (Å²) >= 11 is 0. The van der Waals surface area contributed by atoms with Gasteiger partial charge in [-0.1, -0.05) is 97.9 Å². The van der Waals surface area contributed by atoms with Gasteiger partial charge in [-0.05, 0) is 76.9 Å². The average molecular weight is 686 g/mol. The van der Waals surface area contributed by atoms with Crippen LogP contribution in [0.15, 0.2) is 122 Å². The number of pyridine rings is 1. The summed E-state index contributed by atoms with van der Waals surface area (Å²) in [6.07, 6.45) is -5.19. The van der Waals surface area contributed by atoms with Crippen LogP contribution in [0.5, 0.6) is 0 Å². The van der Waals surface area contributed by atoms with Crippen molar-refractivity contribution in [2.24, 2.45) is 0 Å². The molecule has 256 valence electrons. The first-order valence-corrected chi connectivity index (χ1v) is 16.1. The fourth-order valence-corrected chi connectivity index (χ4v) is 6.71. The number of hydrogen-bond acceptors (Lipinski definition) is 3. The highest BCUT2D eigenvalue weighted by atomic mass is 19.4. The quantitative estimate of drug-likeness (QED) is 0.108. The number of fused-ring (bicyclic) bond motifs is 3. The summed E-state index contributed by atoms with van der Waals surface area (Å²) in [4.78, 5) is 18.3. The van der Waals surface area contributed by atoms with Gasteiger partial charge in [-0.3, -0.25) is 9.78 Å². The van der Waals surface area contributed by atoms with E-state index < -0.39 is 35.8 Å². The zero-order valence-corrected chi connectivity index (χ0v) is 26.8. The van der Waals surface area contributed by atoms with E-state index in [-0.39, 0.29) is 0 Å². The van der Waals surface area contributed by atoms with Crippen LogP contribution in [0.3, 0.4) is 0 Å². The Bertz CT molecular complexity index is 1950. The number of benzene rings is 4. The molecule has 1 heterocycles. The Kier molecular flexibility index (Phi) is 9.56. The van der Waals surface area contributed by atoms with Crippen molar-refractivity contribution < 1.29 is 31.1 Å². The molecule has 1 aliphatic rings. The summed E-state index contributed by atoms with van der Waals surface area (Å²) in [5.74, 6) is -0.666. The maximum Gasteiger partial charge on any atom is 0.416 e. The molecule has 0 aliphatic heterocycles. The molecule has 1 aliphatic carbocycles. The Balaban J connectivity index is 1.12. The molecule has 5 aromatic rings. The number of aromatic nitrogens is 1. The SMILES string of the molecule is C=C(Nc1ccc(CCCCC2(C(=O)NCC(F)(F)F)c3ccccc3-c3ccccc32)nc1)c1ccccc1-c1ccc(C(F)(F)F)cc1. The van der Waals surface area contributed by atoms with E-state index >= 15 is 0 Å². The van der Waals surface area contributed by atoms with Crippen molar-refractivity contribution >= 4 is 17.3 Å². The van der Waals surface area contributed by atoms with Gasteiger partial charge in [0.15, 0.2) is 0 Å². The minimum absolute atomic E-state index is 0.322. The Morgan fingerprint density at radius 1 is 0.720 bits per heavy atom. The molecule has 0 atom stereocenters. The normalized spacial score (nSPS) is 13.3. The van der Waals surface area contributed by atoms with E-state index in [1.54, 1.807) is 24.4 Å². The number of anilines is 1. The van der Waals surface area contributed by atoms with Crippen molar-refractivity contribution in [3.8, 4) is 22.3 Å². The van der Waals surface area contributed by atoms with Crippen LogP contribution < -0.4 is 10.6 Å². The van der Waals surface area contributed by atoms with Crippen LogP contribution in [0.4, 0.5) is 32.0 Å². The summed E-state index contributed by atoms with van der Waals surface area (Å²) in [6.45, 7) is 2.74. The first-order valence-electron chi connectivity index (χ1n) is 16.1. The average Bonchev–Trinajstić information content (AvgIpc) is 3.39. The Morgan fingerprint density at radius 2 is 1.32 bits per heavy atom. The third-order valence-corrected chi connectivity index (χ3v) is 9.03. The highest BCUT2D eigenvalue weighted by molar-refractivity contribution is 6.00. The number of hydrogen-bond donors (Lipinski definition) is 2. The van der Waals surface area contributed by atoms with Crippen LogP contribution >= 0.6 is 0 Å². The molecular weight excluding hydrogens is 652 g/mol. The van der Waals surface area contributed by atoms with Crippen LogP contribution in [0.25, 0.3) is 28.0 Å². The second kappa shape index (κ2) is 13.9. The summed E-state index contributed by atoms with van der Waals surface area (Å²) in [7, 11) is 0. The van der Waals surface area contributed by atoms with E-state index in [0.717, 1.165) is 40.1 Å². The summed E-state index contributed by atoms with van der Waals surface area (Å²) in [6, 6.07) is 30.7. The zero-order chi connectivity index (χ0) is 35.5. The number of alkyl halides is 6. The number of nitrogens with one attached hydrogen (secondary N) is 2. The Hall–Kier alpha value is -5.38. The van der Waals surface area contributed by atoms with Crippen LogP contribution in [-0.2, 0) is 22.8 Å². The lowest BCUT2D eigenvalue weighted by molar-refractivity contribution is -0.141. The van der Waals surface area contributed by atoms with E-state index in [4.69, 9.17) is 0 Å². The van der Waals surface area contributed by atoms with Crippen molar-refractivity contribution in [1.82, 2.24) is 10.3 Å². The topological polar surface area (TPSA) is 54.0 Å². The lowest BCUT2D eigenvalue weighted by Crippen LogP contribution is -2.47. The standard InChI is InChI=1S/C40H33F6N3O/c1-26(31-11-2-3-12-32(31)27-17-19-28(20-18-27)40(44,45)46)49-30-22-21-29(47-24-30)10-8-9-23-38(37(50)48-25-39(41,42)43)35-15-6-4-13-33(35)34-14-5-7-16-36(34)38/h2-7,11-22,24,49H,1,8-10,23,25H2,(H,48,50). The number of amides is 1. The molecule has 10 heteroatoms. The maximum absolute atomic E-state index is 13.7. The van der Waals surface area contributed by atoms with Gasteiger partial charge in [0.25, 0.3) is 0 Å². The third-order valence-electron chi connectivity index (χ3n) is 9.03. The third kappa shape index (κ3) is 7.15. The largest absolute Gasteiger partial charge is 0.416 e. The van der Waals surface area contributed by atoms with Gasteiger partial charge in [-0.25, -0.2) is 0 Å². The summed E-state index contributed by atoms with van der Waals surface area (Å²) < 4.78 is 78.7. The first-order chi connectivity index (χ1) is 23.9. The number of halogens is 6. The Morgan fingerprint density at radius 3 is 1.90 bits per heavy atom. The molecule has 0 fully saturated rings. The van der Waals surface area contributed by atoms with Gasteiger partial charge in [-0.2, -0.15) is 26.3 Å². The lowest BCUT2D eigenvalue weighted by Gasteiger charge is -2.31. The van der Waals surface area contributed by atoms with E-state index in [1.807, 2.05) is 66.7 Å². The molecule has 1 aromatic heterocycles. The molecule has 0 saturated heterocycles. The molecule has 50 heavy (non-hydrogen) atoms. The van der Waals surface area contributed by atoms with Gasteiger partial charge in [0.2, 0.25) is 5.91 Å². The highest BCUT2D eigenvalue weighted by Gasteiger charge is 2.49. The maximum atomic E-state index is 13.7. The van der Waals surface area contributed by atoms with Crippen LogP contribution in [0, 0.1) is 0 Å². The Labute approximate surface area is 285 Å². The van der Waals surface area contributed by atoms with Gasteiger partial charge >= 0.3 is 12.4 Å². The molecule has 1 amide bonds. The second-order valence-corrected chi connectivity index (χ2v) is 12.3. The number of aryl methyl sites for hydroxylation is 1. The number of carbonyl (C=O) groups excluding carboxylic acids is 1. The number of rotatable bonds is 11. The molecule has 4 nitrogen and oxygen atoms in total. The van der Waals surface area contributed by atoms with Crippen molar-refractivity contribution in [2.45, 2.75) is 43.5 Å². The number of unbranched alkanes of at least 4 members (excludes halogenated alkanes) is 1. The fourth-order valence-electron chi connectivity index (χ4n) is 6.71. The van der Waals surface area contributed by atoms with Crippen molar-refractivity contribution in [1.29, 1.82) is 0 Å². The zero-order valence-electron chi connectivity index (χ0n) is 26.8. The monoisotopic (exact) mass is 685 g/mol. The molecular formula is C40H33F6N3O. The summed E-state index contributed by atoms with van der Waals surface area (Å²) in [5.41, 5.74) is 5.20. The minimum atomic E-state index is -4.54. The molecule has 0 bridgehead atoms. The van der Waals surface area contributed by atoms with E-state index in [2.05, 4.69) is 22.2 Å². The van der Waals surface area contributed by atoms with Gasteiger partial charge in [-0.15, -0.1) is 0 Å². The van der Waals surface area contributed by atoms with Gasteiger partial charge in [0, 0.05) is 17.0 Å². The van der Waals surface area contributed by atoms with E-state index in [1.165, 1.54) is 12.1 Å². The second-order valence-electron chi connectivity index (χ2n) is 12.3. The van der Waals surface area contributed by atoms with Crippen LogP contribution in [-0.4, -0.2) is 23.6 Å². The highest BCUT2D eigenvalue weighted by Crippen LogP contribution is 2.51. The first kappa shape index (κ1) is 34.5. The number of nitrogens with zero attached hydrogens (tertiary/aromatic N) is 1. The van der Waals surface area contributed by atoms with Gasteiger partial charge in [0.1, 0.15) is 12.0 Å². The molecule has 2 N–H and O–H groups in total. The van der Waals surface area contributed by atoms with Gasteiger partial charge in [0.05, 0.1) is 17.4 Å². The molecule has 0 radical (unpaired) electrons. The minimum Gasteiger partial charge on any atom is -0.354 e. The van der Waals surface area contributed by atoms with E-state index in [9.17, 15) is 31.1 Å². The van der Waals surface area contributed by atoms with Crippen molar-refractivity contribution in [3.05, 3.63) is 150 Å². The smallest absolute Gasteiger partial charge is 0.354 e. The predicted molar refractivity (Wildman–Crippen MR) is 183 cm³/mol. The van der Waals surface area contributed by atoms with Crippen LogP contribution in [0.1, 0.15) is 47.2 Å². The van der Waals surface area contributed by atoms with E-state index in [0.29, 0.717) is 53.8 Å². The molecule has 0 unspecified atom stereocenters. The van der Waals surface area contributed by atoms with Crippen molar-refractivity contribution in [2.75, 3.05) is 11.9 Å². The fraction of sp³-hybridized carbons (Fsp3) is 0.200. The molecule has 0 saturated carbocycles. The van der Waals surface area contributed by atoms with Gasteiger partial charge < -0.3 is 10.6 Å². The lowest BCUT2D eigenvalue weighted by atomic mass is 9.73. The molecule has 0 spiro atoms. The summed E-state index contributed by atoms with van der Waals surface area (Å²) in [5, 5.41) is 5.40. The number of carbonyl (C=O) groups is 1. The van der Waals surface area contributed by atoms with Crippen LogP contribution in [0.2, 0.25) is 0 Å². The van der Waals surface area contributed by atoms with Crippen molar-refractivity contribution in [3.63, 3.8) is 0 Å². The predicted octanol–water partition coefficient (Wildman–Crippen LogP) is 10.2. The molecule has 6 rings (SSSR count).